The van der Waals surface area contributed by atoms with Crippen molar-refractivity contribution < 1.29 is 9.53 Å². The molecular formula is C20H23BrClNO2. The molecule has 0 aliphatic carbocycles. The summed E-state index contributed by atoms with van der Waals surface area (Å²) in [6.45, 7) is 4.97. The van der Waals surface area contributed by atoms with Crippen LogP contribution >= 0.6 is 27.5 Å². The van der Waals surface area contributed by atoms with Gasteiger partial charge in [-0.3, -0.25) is 4.79 Å². The minimum atomic E-state index is -0.144. The Hall–Kier alpha value is -1.52. The zero-order chi connectivity index (χ0) is 18.2. The molecule has 2 aromatic carbocycles. The molecule has 0 aromatic heterocycles. The van der Waals surface area contributed by atoms with Crippen LogP contribution in [0, 0.1) is 0 Å². The van der Waals surface area contributed by atoms with E-state index in [0.29, 0.717) is 23.2 Å². The van der Waals surface area contributed by atoms with Crippen LogP contribution in [-0.4, -0.2) is 19.1 Å². The predicted molar refractivity (Wildman–Crippen MR) is 107 cm³/mol. The van der Waals surface area contributed by atoms with Crippen LogP contribution in [-0.2, 0) is 11.2 Å². The molecule has 2 aromatic rings. The Morgan fingerprint density at radius 1 is 1.20 bits per heavy atom. The van der Waals surface area contributed by atoms with Crippen LogP contribution in [0.3, 0.4) is 0 Å². The van der Waals surface area contributed by atoms with Crippen molar-refractivity contribution >= 4 is 33.4 Å². The molecule has 0 radical (unpaired) electrons. The molecule has 0 atom stereocenters. The molecule has 0 saturated heterocycles. The van der Waals surface area contributed by atoms with E-state index in [1.807, 2.05) is 6.07 Å². The van der Waals surface area contributed by atoms with Crippen molar-refractivity contribution in [3.63, 3.8) is 0 Å². The molecule has 0 aliphatic heterocycles. The maximum atomic E-state index is 11.8. The van der Waals surface area contributed by atoms with Gasteiger partial charge in [0.25, 0.3) is 5.91 Å². The fourth-order valence-electron chi connectivity index (χ4n) is 2.38. The van der Waals surface area contributed by atoms with E-state index in [1.165, 1.54) is 11.1 Å². The summed E-state index contributed by atoms with van der Waals surface area (Å²) in [5, 5.41) is 3.35. The Kier molecular flexibility index (Phi) is 7.79. The summed E-state index contributed by atoms with van der Waals surface area (Å²) in [7, 11) is 0. The summed E-state index contributed by atoms with van der Waals surface area (Å²) in [5.74, 6) is 0.909. The molecule has 0 unspecified atom stereocenters. The van der Waals surface area contributed by atoms with E-state index in [0.717, 1.165) is 17.3 Å². The second kappa shape index (κ2) is 9.83. The SMILES string of the molecule is CC(C)c1ccc(CCCNC(=O)COc2ccc(Br)cc2Cl)cc1. The van der Waals surface area contributed by atoms with Crippen LogP contribution in [0.1, 0.15) is 37.3 Å². The van der Waals surface area contributed by atoms with Gasteiger partial charge in [-0.05, 0) is 48.1 Å². The van der Waals surface area contributed by atoms with Gasteiger partial charge in [-0.2, -0.15) is 0 Å². The van der Waals surface area contributed by atoms with Gasteiger partial charge in [-0.1, -0.05) is 65.6 Å². The van der Waals surface area contributed by atoms with Crippen molar-refractivity contribution in [2.45, 2.75) is 32.6 Å². The molecular weight excluding hydrogens is 402 g/mol. The lowest BCUT2D eigenvalue weighted by atomic mass is 10.0. The first-order valence-electron chi connectivity index (χ1n) is 8.39. The number of halogens is 2. The summed E-state index contributed by atoms with van der Waals surface area (Å²) in [6, 6.07) is 14.0. The van der Waals surface area contributed by atoms with E-state index in [4.69, 9.17) is 16.3 Å². The summed E-state index contributed by atoms with van der Waals surface area (Å²) in [5.41, 5.74) is 2.64. The summed E-state index contributed by atoms with van der Waals surface area (Å²) in [4.78, 5) is 11.8. The normalized spacial score (nSPS) is 10.8. The zero-order valence-corrected chi connectivity index (χ0v) is 16.9. The molecule has 5 heteroatoms. The van der Waals surface area contributed by atoms with Crippen LogP contribution in [0.25, 0.3) is 0 Å². The van der Waals surface area contributed by atoms with Crippen molar-refractivity contribution in [1.82, 2.24) is 5.32 Å². The zero-order valence-electron chi connectivity index (χ0n) is 14.5. The van der Waals surface area contributed by atoms with Crippen LogP contribution in [0.5, 0.6) is 5.75 Å². The topological polar surface area (TPSA) is 38.3 Å². The van der Waals surface area contributed by atoms with E-state index in [-0.39, 0.29) is 12.5 Å². The number of rotatable bonds is 8. The Morgan fingerprint density at radius 2 is 1.92 bits per heavy atom. The number of ether oxygens (including phenoxy) is 1. The van der Waals surface area contributed by atoms with Gasteiger partial charge in [0.1, 0.15) is 5.75 Å². The lowest BCUT2D eigenvalue weighted by molar-refractivity contribution is -0.123. The highest BCUT2D eigenvalue weighted by Crippen LogP contribution is 2.27. The fourth-order valence-corrected chi connectivity index (χ4v) is 3.10. The Morgan fingerprint density at radius 3 is 2.56 bits per heavy atom. The van der Waals surface area contributed by atoms with Crippen molar-refractivity contribution in [3.8, 4) is 5.75 Å². The third kappa shape index (κ3) is 6.71. The van der Waals surface area contributed by atoms with Crippen LogP contribution in [0.2, 0.25) is 5.02 Å². The van der Waals surface area contributed by atoms with Gasteiger partial charge in [-0.25, -0.2) is 0 Å². The molecule has 0 aliphatic rings. The molecule has 0 bridgehead atoms. The Bertz CT molecular complexity index is 701. The number of nitrogens with one attached hydrogen (secondary N) is 1. The van der Waals surface area contributed by atoms with Crippen molar-refractivity contribution in [1.29, 1.82) is 0 Å². The minimum Gasteiger partial charge on any atom is -0.482 e. The number of aryl methyl sites for hydroxylation is 1. The molecule has 1 amide bonds. The largest absolute Gasteiger partial charge is 0.482 e. The van der Waals surface area contributed by atoms with Crippen LogP contribution in [0.4, 0.5) is 0 Å². The molecule has 0 spiro atoms. The van der Waals surface area contributed by atoms with Gasteiger partial charge < -0.3 is 10.1 Å². The highest BCUT2D eigenvalue weighted by molar-refractivity contribution is 9.10. The van der Waals surface area contributed by atoms with E-state index < -0.39 is 0 Å². The molecule has 3 nitrogen and oxygen atoms in total. The fraction of sp³-hybridized carbons (Fsp3) is 0.350. The number of carbonyl (C=O) groups is 1. The second-order valence-corrected chi connectivity index (χ2v) is 7.54. The maximum Gasteiger partial charge on any atom is 0.257 e. The minimum absolute atomic E-state index is 0.0373. The number of hydrogen-bond acceptors (Lipinski definition) is 2. The average molecular weight is 425 g/mol. The van der Waals surface area contributed by atoms with Gasteiger partial charge in [0, 0.05) is 11.0 Å². The smallest absolute Gasteiger partial charge is 0.257 e. The van der Waals surface area contributed by atoms with Crippen molar-refractivity contribution in [2.24, 2.45) is 0 Å². The lowest BCUT2D eigenvalue weighted by Crippen LogP contribution is -2.29. The number of hydrogen-bond donors (Lipinski definition) is 1. The quantitative estimate of drug-likeness (QED) is 0.580. The highest BCUT2D eigenvalue weighted by atomic mass is 79.9. The maximum absolute atomic E-state index is 11.8. The van der Waals surface area contributed by atoms with E-state index in [9.17, 15) is 4.79 Å². The summed E-state index contributed by atoms with van der Waals surface area (Å²) < 4.78 is 6.31. The molecule has 1 N–H and O–H groups in total. The van der Waals surface area contributed by atoms with Gasteiger partial charge >= 0.3 is 0 Å². The number of carbonyl (C=O) groups excluding carboxylic acids is 1. The first kappa shape index (κ1) is 19.8. The molecule has 134 valence electrons. The van der Waals surface area contributed by atoms with Gasteiger partial charge in [0.15, 0.2) is 6.61 Å². The van der Waals surface area contributed by atoms with E-state index in [2.05, 4.69) is 59.4 Å². The van der Waals surface area contributed by atoms with Crippen molar-refractivity contribution in [3.05, 3.63) is 63.1 Å². The van der Waals surface area contributed by atoms with E-state index >= 15 is 0 Å². The molecule has 0 heterocycles. The standard InChI is InChI=1S/C20H23BrClNO2/c1-14(2)16-7-5-15(6-8-16)4-3-11-23-20(24)13-25-19-10-9-17(21)12-18(19)22/h5-10,12,14H,3-4,11,13H2,1-2H3,(H,23,24). The van der Waals surface area contributed by atoms with Gasteiger partial charge in [-0.15, -0.1) is 0 Å². The summed E-state index contributed by atoms with van der Waals surface area (Å²) >= 11 is 9.38. The lowest BCUT2D eigenvalue weighted by Gasteiger charge is -2.09. The number of amides is 1. The average Bonchev–Trinajstić information content (AvgIpc) is 2.58. The summed E-state index contributed by atoms with van der Waals surface area (Å²) in [6.07, 6.45) is 1.84. The first-order chi connectivity index (χ1) is 12.0. The second-order valence-electron chi connectivity index (χ2n) is 6.21. The van der Waals surface area contributed by atoms with Gasteiger partial charge in [0.2, 0.25) is 0 Å². The molecule has 25 heavy (non-hydrogen) atoms. The molecule has 0 saturated carbocycles. The monoisotopic (exact) mass is 423 g/mol. The molecule has 2 rings (SSSR count). The first-order valence-corrected chi connectivity index (χ1v) is 9.56. The van der Waals surface area contributed by atoms with E-state index in [1.54, 1.807) is 12.1 Å². The van der Waals surface area contributed by atoms with Gasteiger partial charge in [0.05, 0.1) is 5.02 Å². The highest BCUT2D eigenvalue weighted by Gasteiger charge is 2.06. The van der Waals surface area contributed by atoms with Crippen LogP contribution < -0.4 is 10.1 Å². The number of benzene rings is 2. The predicted octanol–water partition coefficient (Wildman–Crippen LogP) is 5.35. The van der Waals surface area contributed by atoms with Crippen LogP contribution in [0.15, 0.2) is 46.9 Å². The Labute approximate surface area is 162 Å². The third-order valence-corrected chi connectivity index (χ3v) is 4.65. The third-order valence-electron chi connectivity index (χ3n) is 3.86. The molecule has 0 fully saturated rings. The Balaban J connectivity index is 1.66. The van der Waals surface area contributed by atoms with Crippen molar-refractivity contribution in [2.75, 3.05) is 13.2 Å².